The fraction of sp³-hybridized carbons (Fsp3) is 0.357. The van der Waals surface area contributed by atoms with Gasteiger partial charge in [-0.2, -0.15) is 0 Å². The number of nitrogens with zero attached hydrogens (tertiary/aromatic N) is 2. The van der Waals surface area contributed by atoms with Crippen molar-refractivity contribution in [3.8, 4) is 0 Å². The lowest BCUT2D eigenvalue weighted by atomic mass is 9.70. The Morgan fingerprint density at radius 3 is 2.40 bits per heavy atom. The summed E-state index contributed by atoms with van der Waals surface area (Å²) >= 11 is 0. The number of hydrogen-bond donors (Lipinski definition) is 2. The van der Waals surface area contributed by atoms with Crippen molar-refractivity contribution in [3.05, 3.63) is 77.9 Å². The Bertz CT molecular complexity index is 1210. The molecule has 35 heavy (non-hydrogen) atoms. The van der Waals surface area contributed by atoms with Crippen LogP contribution >= 0.6 is 0 Å². The van der Waals surface area contributed by atoms with E-state index in [1.165, 1.54) is 4.90 Å². The quantitative estimate of drug-likeness (QED) is 0.607. The highest BCUT2D eigenvalue weighted by atomic mass is 16.2. The lowest BCUT2D eigenvalue weighted by Gasteiger charge is -2.34. The minimum absolute atomic E-state index is 0.334. The Balaban J connectivity index is 1.52. The number of likely N-dealkylation sites (N-methyl/N-ethyl adjacent to an activating group) is 1. The van der Waals surface area contributed by atoms with E-state index in [2.05, 4.69) is 5.32 Å². The Morgan fingerprint density at radius 2 is 1.74 bits per heavy atom. The van der Waals surface area contributed by atoms with Gasteiger partial charge in [0.2, 0.25) is 18.0 Å². The van der Waals surface area contributed by atoms with E-state index in [-0.39, 0.29) is 11.8 Å². The molecule has 0 aromatic heterocycles. The van der Waals surface area contributed by atoms with Crippen LogP contribution in [-0.2, 0) is 14.4 Å². The maximum atomic E-state index is 13.8. The number of nitrogens with two attached hydrogens (primary N) is 1. The molecule has 3 N–H and O–H groups in total. The predicted molar refractivity (Wildman–Crippen MR) is 135 cm³/mol. The number of carbonyl (C=O) groups excluding carboxylic acids is 3. The Morgan fingerprint density at radius 1 is 1.09 bits per heavy atom. The van der Waals surface area contributed by atoms with Gasteiger partial charge in [-0.05, 0) is 31.2 Å². The summed E-state index contributed by atoms with van der Waals surface area (Å²) in [5.41, 5.74) is 7.94. The number of allylic oxidation sites excluding steroid dienone is 2. The van der Waals surface area contributed by atoms with Crippen LogP contribution in [0.1, 0.15) is 43.2 Å². The van der Waals surface area contributed by atoms with Crippen LogP contribution in [0.3, 0.4) is 0 Å². The van der Waals surface area contributed by atoms with E-state index in [0.717, 1.165) is 29.7 Å². The number of nitrogens with one attached hydrogen (secondary N) is 1. The molecule has 3 aliphatic rings. The van der Waals surface area contributed by atoms with Crippen LogP contribution in [0.15, 0.2) is 71.7 Å². The Labute approximate surface area is 205 Å². The summed E-state index contributed by atoms with van der Waals surface area (Å²) in [5, 5.41) is 2.91. The molecule has 180 valence electrons. The minimum Gasteiger partial charge on any atom is -0.369 e. The van der Waals surface area contributed by atoms with Crippen LogP contribution in [-0.4, -0.2) is 36.6 Å². The number of carbonyl (C=O) groups is 3. The van der Waals surface area contributed by atoms with Gasteiger partial charge in [0.1, 0.15) is 0 Å². The first-order valence-corrected chi connectivity index (χ1v) is 12.2. The summed E-state index contributed by atoms with van der Waals surface area (Å²) in [6.07, 6.45) is 6.28. The smallest absolute Gasteiger partial charge is 0.272 e. The van der Waals surface area contributed by atoms with Crippen molar-refractivity contribution in [1.29, 1.82) is 0 Å². The van der Waals surface area contributed by atoms with Gasteiger partial charge in [-0.15, -0.1) is 0 Å². The molecule has 1 saturated carbocycles. The van der Waals surface area contributed by atoms with Gasteiger partial charge >= 0.3 is 0 Å². The van der Waals surface area contributed by atoms with Gasteiger partial charge in [-0.1, -0.05) is 73.5 Å². The summed E-state index contributed by atoms with van der Waals surface area (Å²) in [6, 6.07) is 17.2. The lowest BCUT2D eigenvalue weighted by molar-refractivity contribution is -0.141. The molecule has 2 atom stereocenters. The standard InChI is InChI=1S/C28H30N4O3/c1-32-22-12-6-5-11-20(22)23(19-9-3-2-4-10-19)30-24(26(32)34)31-25(33)21(17-18-13-14-18)28(27(29)35)15-7-8-16-28/h2-12,18,21,24H,13-17H2,1H3,(H2,29,35)(H,31,33). The van der Waals surface area contributed by atoms with Gasteiger partial charge in [0.25, 0.3) is 5.91 Å². The summed E-state index contributed by atoms with van der Waals surface area (Å²) in [4.78, 5) is 46.2. The second kappa shape index (κ2) is 9.13. The molecular formula is C28H30N4O3. The van der Waals surface area contributed by atoms with Gasteiger partial charge in [-0.25, -0.2) is 4.99 Å². The normalized spacial score (nSPS) is 21.6. The van der Waals surface area contributed by atoms with E-state index in [1.807, 2.05) is 66.7 Å². The number of amides is 3. The van der Waals surface area contributed by atoms with E-state index in [9.17, 15) is 14.4 Å². The molecule has 2 unspecified atom stereocenters. The number of anilines is 1. The molecule has 2 aromatic rings. The fourth-order valence-corrected chi connectivity index (χ4v) is 5.28. The maximum Gasteiger partial charge on any atom is 0.272 e. The number of benzodiazepines with no additional fused rings is 1. The third-order valence-electron chi connectivity index (χ3n) is 7.54. The summed E-state index contributed by atoms with van der Waals surface area (Å²) in [7, 11) is 1.69. The molecule has 0 saturated heterocycles. The highest BCUT2D eigenvalue weighted by molar-refractivity contribution is 6.20. The number of hydrogen-bond acceptors (Lipinski definition) is 4. The molecule has 0 spiro atoms. The van der Waals surface area contributed by atoms with E-state index in [4.69, 9.17) is 10.7 Å². The second-order valence-electron chi connectivity index (χ2n) is 9.80. The number of primary amides is 1. The first kappa shape index (κ1) is 23.0. The van der Waals surface area contributed by atoms with Gasteiger partial charge in [0, 0.05) is 18.2 Å². The molecule has 1 aliphatic heterocycles. The van der Waals surface area contributed by atoms with Crippen molar-refractivity contribution >= 4 is 29.1 Å². The fourth-order valence-electron chi connectivity index (χ4n) is 5.28. The summed E-state index contributed by atoms with van der Waals surface area (Å²) in [6.45, 7) is 0. The first-order valence-electron chi connectivity index (χ1n) is 12.2. The number of benzene rings is 2. The van der Waals surface area contributed by atoms with Crippen molar-refractivity contribution in [2.45, 2.75) is 38.3 Å². The van der Waals surface area contributed by atoms with E-state index >= 15 is 0 Å². The molecule has 5 rings (SSSR count). The Kier molecular flexibility index (Phi) is 6.01. The average molecular weight is 471 g/mol. The van der Waals surface area contributed by atoms with Crippen LogP contribution in [0.4, 0.5) is 5.69 Å². The monoisotopic (exact) mass is 470 g/mol. The average Bonchev–Trinajstić information content (AvgIpc) is 3.58. The zero-order valence-electron chi connectivity index (χ0n) is 19.8. The molecule has 3 amide bonds. The van der Waals surface area contributed by atoms with Crippen molar-refractivity contribution in [1.82, 2.24) is 5.32 Å². The zero-order valence-corrected chi connectivity index (χ0v) is 19.8. The lowest BCUT2D eigenvalue weighted by Crippen LogP contribution is -2.53. The van der Waals surface area contributed by atoms with Gasteiger partial charge < -0.3 is 16.0 Å². The SMILES string of the molecule is CN1C(=O)C(NC(=O)C(CC2CC2)C2(C(N)=O)CC=CC2)N=C(c2ccccc2)c2ccccc21. The highest BCUT2D eigenvalue weighted by Crippen LogP contribution is 2.47. The van der Waals surface area contributed by atoms with Gasteiger partial charge in [0.15, 0.2) is 0 Å². The van der Waals surface area contributed by atoms with Crippen LogP contribution < -0.4 is 16.0 Å². The van der Waals surface area contributed by atoms with Crippen LogP contribution in [0, 0.1) is 17.3 Å². The number of para-hydroxylation sites is 1. The molecule has 0 radical (unpaired) electrons. The van der Waals surface area contributed by atoms with E-state index < -0.39 is 23.4 Å². The third-order valence-corrected chi connectivity index (χ3v) is 7.54. The largest absolute Gasteiger partial charge is 0.369 e. The summed E-state index contributed by atoms with van der Waals surface area (Å²) < 4.78 is 0. The molecule has 7 nitrogen and oxygen atoms in total. The van der Waals surface area contributed by atoms with Crippen LogP contribution in [0.5, 0.6) is 0 Å². The molecule has 1 fully saturated rings. The number of fused-ring (bicyclic) bond motifs is 1. The minimum atomic E-state index is -1.11. The summed E-state index contributed by atoms with van der Waals surface area (Å²) in [5.74, 6) is -1.34. The van der Waals surface area contributed by atoms with Crippen molar-refractivity contribution in [3.63, 3.8) is 0 Å². The highest BCUT2D eigenvalue weighted by Gasteiger charge is 2.50. The molecule has 0 bridgehead atoms. The maximum absolute atomic E-state index is 13.8. The number of rotatable bonds is 7. The third kappa shape index (κ3) is 4.27. The molecule has 2 aromatic carbocycles. The topological polar surface area (TPSA) is 105 Å². The molecule has 1 heterocycles. The Hall–Kier alpha value is -3.74. The second-order valence-corrected chi connectivity index (χ2v) is 9.80. The van der Waals surface area contributed by atoms with Crippen molar-refractivity contribution < 1.29 is 14.4 Å². The van der Waals surface area contributed by atoms with E-state index in [1.54, 1.807) is 7.05 Å². The van der Waals surface area contributed by atoms with E-state index in [0.29, 0.717) is 30.9 Å². The molecule has 7 heteroatoms. The molecule has 2 aliphatic carbocycles. The van der Waals surface area contributed by atoms with Gasteiger partial charge in [-0.3, -0.25) is 14.4 Å². The first-order chi connectivity index (χ1) is 16.9. The van der Waals surface area contributed by atoms with Crippen LogP contribution in [0.2, 0.25) is 0 Å². The van der Waals surface area contributed by atoms with Crippen molar-refractivity contribution in [2.75, 3.05) is 11.9 Å². The van der Waals surface area contributed by atoms with Crippen molar-refractivity contribution in [2.24, 2.45) is 28.0 Å². The van der Waals surface area contributed by atoms with Crippen LogP contribution in [0.25, 0.3) is 0 Å². The molecular weight excluding hydrogens is 440 g/mol. The van der Waals surface area contributed by atoms with Gasteiger partial charge in [0.05, 0.1) is 22.7 Å². The zero-order chi connectivity index (χ0) is 24.6. The number of aliphatic imine (C=N–C) groups is 1. The predicted octanol–water partition coefficient (Wildman–Crippen LogP) is 3.18.